The molecule has 2 fully saturated rings. The second-order valence-corrected chi connectivity index (χ2v) is 9.07. The number of carbonyl (C=O) groups excluding carboxylic acids is 1. The molecule has 2 N–H and O–H groups in total. The second-order valence-electron chi connectivity index (χ2n) is 7.87. The average Bonchev–Trinajstić information content (AvgIpc) is 3.36. The zero-order valence-corrected chi connectivity index (χ0v) is 16.4. The van der Waals surface area contributed by atoms with Crippen LogP contribution in [0.4, 0.5) is 0 Å². The number of thiophene rings is 1. The lowest BCUT2D eigenvalue weighted by Gasteiger charge is -2.35. The third kappa shape index (κ3) is 4.97. The molecule has 1 saturated heterocycles. The Labute approximate surface area is 164 Å². The minimum Gasteiger partial charge on any atom is -0.392 e. The van der Waals surface area contributed by atoms with Gasteiger partial charge in [-0.2, -0.15) is 0 Å². The molecule has 4 rings (SSSR count). The number of nitrogens with zero attached hydrogens (tertiary/aromatic N) is 3. The molecule has 2 aromatic rings. The monoisotopic (exact) mass is 388 g/mol. The molecule has 2 atom stereocenters. The lowest BCUT2D eigenvalue weighted by Crippen LogP contribution is -2.52. The van der Waals surface area contributed by atoms with E-state index < -0.39 is 6.10 Å². The second kappa shape index (κ2) is 8.54. The maximum absolute atomic E-state index is 12.2. The van der Waals surface area contributed by atoms with Crippen LogP contribution in [0.1, 0.15) is 47.8 Å². The number of amides is 1. The Morgan fingerprint density at radius 3 is 2.93 bits per heavy atom. The quantitative estimate of drug-likeness (QED) is 0.797. The first kappa shape index (κ1) is 18.7. The summed E-state index contributed by atoms with van der Waals surface area (Å²) in [6.07, 6.45) is 10.7. The molecule has 1 saturated carbocycles. The van der Waals surface area contributed by atoms with Crippen molar-refractivity contribution in [2.45, 2.75) is 63.3 Å². The number of piperidine rings is 1. The van der Waals surface area contributed by atoms with Crippen LogP contribution in [-0.2, 0) is 17.9 Å². The highest BCUT2D eigenvalue weighted by molar-refractivity contribution is 7.12. The fourth-order valence-corrected chi connectivity index (χ4v) is 5.57. The Hall–Kier alpha value is -1.70. The summed E-state index contributed by atoms with van der Waals surface area (Å²) in [5.41, 5.74) is 0. The summed E-state index contributed by atoms with van der Waals surface area (Å²) in [5.74, 6) is 0.720. The molecule has 0 radical (unpaired) electrons. The van der Waals surface area contributed by atoms with Gasteiger partial charge in [0.2, 0.25) is 5.91 Å². The topological polar surface area (TPSA) is 70.4 Å². The summed E-state index contributed by atoms with van der Waals surface area (Å²) in [6, 6.07) is 4.52. The standard InChI is InChI=1S/C20H28N4O2S/c25-17-9-16(22-20(26)13-23-8-7-21-14-23)10-24(11-17)12-18-5-6-19(27-18)15-3-1-2-4-15/h5-8,14-17,25H,1-4,9-13H2,(H,22,26)/t16-,17+/m0/s1. The van der Waals surface area contributed by atoms with Crippen LogP contribution in [0.15, 0.2) is 30.9 Å². The first-order chi connectivity index (χ1) is 13.2. The summed E-state index contributed by atoms with van der Waals surface area (Å²) in [7, 11) is 0. The predicted molar refractivity (Wildman–Crippen MR) is 106 cm³/mol. The van der Waals surface area contributed by atoms with Gasteiger partial charge in [0.05, 0.1) is 12.4 Å². The molecule has 6 nitrogen and oxygen atoms in total. The van der Waals surface area contributed by atoms with Crippen LogP contribution in [0.5, 0.6) is 0 Å². The Morgan fingerprint density at radius 2 is 2.15 bits per heavy atom. The number of nitrogens with one attached hydrogen (secondary N) is 1. The minimum absolute atomic E-state index is 0.0148. The van der Waals surface area contributed by atoms with Crippen molar-refractivity contribution in [1.29, 1.82) is 0 Å². The fraction of sp³-hybridized carbons (Fsp3) is 0.600. The van der Waals surface area contributed by atoms with E-state index in [4.69, 9.17) is 0 Å². The van der Waals surface area contributed by atoms with Crippen molar-refractivity contribution in [3.63, 3.8) is 0 Å². The number of aliphatic hydroxyl groups is 1. The zero-order valence-electron chi connectivity index (χ0n) is 15.6. The van der Waals surface area contributed by atoms with E-state index in [1.807, 2.05) is 11.3 Å². The van der Waals surface area contributed by atoms with Crippen LogP contribution in [-0.4, -0.2) is 50.7 Å². The van der Waals surface area contributed by atoms with Crippen molar-refractivity contribution in [3.05, 3.63) is 40.6 Å². The van der Waals surface area contributed by atoms with Crippen LogP contribution >= 0.6 is 11.3 Å². The number of rotatable bonds is 6. The maximum atomic E-state index is 12.2. The van der Waals surface area contributed by atoms with Gasteiger partial charge in [0, 0.05) is 47.8 Å². The summed E-state index contributed by atoms with van der Waals surface area (Å²) in [5, 5.41) is 13.3. The number of aromatic nitrogens is 2. The van der Waals surface area contributed by atoms with Crippen molar-refractivity contribution in [2.75, 3.05) is 13.1 Å². The van der Waals surface area contributed by atoms with E-state index in [0.29, 0.717) is 13.0 Å². The largest absolute Gasteiger partial charge is 0.392 e. The van der Waals surface area contributed by atoms with Gasteiger partial charge in [-0.1, -0.05) is 12.8 Å². The van der Waals surface area contributed by atoms with Gasteiger partial charge in [0.15, 0.2) is 0 Å². The van der Waals surface area contributed by atoms with E-state index in [0.717, 1.165) is 19.0 Å². The van der Waals surface area contributed by atoms with E-state index in [9.17, 15) is 9.90 Å². The van der Waals surface area contributed by atoms with Gasteiger partial charge in [0.1, 0.15) is 6.54 Å². The lowest BCUT2D eigenvalue weighted by atomic mass is 10.0. The molecule has 1 aliphatic heterocycles. The SMILES string of the molecule is O=C(Cn1ccnc1)N[C@H]1C[C@@H](O)CN(Cc2ccc(C3CCCC3)s2)C1. The number of hydrogen-bond donors (Lipinski definition) is 2. The Bertz CT molecular complexity index is 739. The number of hydrogen-bond acceptors (Lipinski definition) is 5. The number of carbonyl (C=O) groups is 1. The van der Waals surface area contributed by atoms with Gasteiger partial charge in [-0.3, -0.25) is 9.69 Å². The molecule has 3 heterocycles. The molecule has 1 amide bonds. The van der Waals surface area contributed by atoms with Gasteiger partial charge in [0.25, 0.3) is 0 Å². The van der Waals surface area contributed by atoms with Gasteiger partial charge in [-0.25, -0.2) is 4.98 Å². The Kier molecular flexibility index (Phi) is 5.90. The lowest BCUT2D eigenvalue weighted by molar-refractivity contribution is -0.123. The number of imidazole rings is 1. The molecule has 2 aliphatic rings. The Balaban J connectivity index is 1.31. The molecule has 0 unspecified atom stereocenters. The highest BCUT2D eigenvalue weighted by Gasteiger charge is 2.27. The highest BCUT2D eigenvalue weighted by Crippen LogP contribution is 2.37. The first-order valence-electron chi connectivity index (χ1n) is 9.90. The summed E-state index contributed by atoms with van der Waals surface area (Å²) in [4.78, 5) is 21.3. The van der Waals surface area contributed by atoms with Gasteiger partial charge < -0.3 is 15.0 Å². The molecule has 0 bridgehead atoms. The van der Waals surface area contributed by atoms with Crippen LogP contribution in [0, 0.1) is 0 Å². The number of β-amino-alcohol motifs (C(OH)–C–C–N with tert-alkyl or cyclic N) is 1. The zero-order chi connectivity index (χ0) is 18.6. The van der Waals surface area contributed by atoms with Crippen molar-refractivity contribution < 1.29 is 9.90 Å². The van der Waals surface area contributed by atoms with Crippen LogP contribution in [0.2, 0.25) is 0 Å². The van der Waals surface area contributed by atoms with Crippen LogP contribution in [0.25, 0.3) is 0 Å². The fourth-order valence-electron chi connectivity index (χ4n) is 4.34. The summed E-state index contributed by atoms with van der Waals surface area (Å²) in [6.45, 7) is 2.57. The van der Waals surface area contributed by atoms with E-state index >= 15 is 0 Å². The average molecular weight is 389 g/mol. The number of aliphatic hydroxyl groups excluding tert-OH is 1. The van der Waals surface area contributed by atoms with Crippen LogP contribution in [0.3, 0.4) is 0 Å². The van der Waals surface area contributed by atoms with Crippen molar-refractivity contribution in [1.82, 2.24) is 19.8 Å². The smallest absolute Gasteiger partial charge is 0.240 e. The van der Waals surface area contributed by atoms with Gasteiger partial charge >= 0.3 is 0 Å². The van der Waals surface area contributed by atoms with E-state index in [1.165, 1.54) is 35.4 Å². The van der Waals surface area contributed by atoms with E-state index in [1.54, 1.807) is 23.3 Å². The molecule has 2 aromatic heterocycles. The van der Waals surface area contributed by atoms with Crippen molar-refractivity contribution in [2.24, 2.45) is 0 Å². The van der Waals surface area contributed by atoms with Gasteiger partial charge in [-0.05, 0) is 37.3 Å². The van der Waals surface area contributed by atoms with E-state index in [2.05, 4.69) is 27.3 Å². The molecular weight excluding hydrogens is 360 g/mol. The molecule has 7 heteroatoms. The summed E-state index contributed by atoms with van der Waals surface area (Å²) >= 11 is 1.92. The highest BCUT2D eigenvalue weighted by atomic mass is 32.1. The van der Waals surface area contributed by atoms with Gasteiger partial charge in [-0.15, -0.1) is 11.3 Å². The molecular formula is C20H28N4O2S. The molecule has 146 valence electrons. The normalized spacial score (nSPS) is 24.3. The first-order valence-corrected chi connectivity index (χ1v) is 10.7. The Morgan fingerprint density at radius 1 is 1.30 bits per heavy atom. The van der Waals surface area contributed by atoms with E-state index in [-0.39, 0.29) is 18.5 Å². The maximum Gasteiger partial charge on any atom is 0.240 e. The molecule has 1 aliphatic carbocycles. The molecule has 27 heavy (non-hydrogen) atoms. The third-order valence-corrected chi connectivity index (χ3v) is 6.81. The van der Waals surface area contributed by atoms with Crippen LogP contribution < -0.4 is 5.32 Å². The molecule has 0 aromatic carbocycles. The summed E-state index contributed by atoms with van der Waals surface area (Å²) < 4.78 is 1.75. The molecule has 0 spiro atoms. The predicted octanol–water partition coefficient (Wildman–Crippen LogP) is 2.35. The number of likely N-dealkylation sites (tertiary alicyclic amines) is 1. The minimum atomic E-state index is -0.397. The van der Waals surface area contributed by atoms with Crippen molar-refractivity contribution >= 4 is 17.2 Å². The third-order valence-electron chi connectivity index (χ3n) is 5.57. The van der Waals surface area contributed by atoms with Crippen molar-refractivity contribution in [3.8, 4) is 0 Å².